The maximum absolute atomic E-state index is 11.0. The minimum Gasteiger partial charge on any atom is -0.478 e. The molecule has 1 aromatic rings. The molecule has 0 saturated carbocycles. The number of carbonyl (C=O) groups is 1. The molecule has 2 rings (SSSR count). The molecule has 0 bridgehead atoms. The summed E-state index contributed by atoms with van der Waals surface area (Å²) in [5.41, 5.74) is 0.0689. The predicted octanol–water partition coefficient (Wildman–Crippen LogP) is 0.741. The van der Waals surface area contributed by atoms with Gasteiger partial charge in [0, 0.05) is 25.5 Å². The Morgan fingerprint density at radius 1 is 1.62 bits per heavy atom. The van der Waals surface area contributed by atoms with Crippen molar-refractivity contribution in [3.63, 3.8) is 0 Å². The number of β-amino-alcohol motifs (C(OH)–C–C–N with tert-alkyl or cyclic N) is 1. The summed E-state index contributed by atoms with van der Waals surface area (Å²) in [4.78, 5) is 16.7. The van der Waals surface area contributed by atoms with Crippen LogP contribution in [0.4, 0.5) is 5.69 Å². The molecule has 0 aromatic carbocycles. The number of aliphatic hydroxyl groups is 1. The van der Waals surface area contributed by atoms with E-state index in [9.17, 15) is 9.90 Å². The normalized spacial score (nSPS) is 24.8. The van der Waals surface area contributed by atoms with E-state index < -0.39 is 11.6 Å². The Labute approximate surface area is 93.3 Å². The van der Waals surface area contributed by atoms with Crippen LogP contribution in [0.1, 0.15) is 23.7 Å². The molecular formula is C11H14N2O3. The fraction of sp³-hybridized carbons (Fsp3) is 0.455. The van der Waals surface area contributed by atoms with Crippen LogP contribution in [-0.2, 0) is 0 Å². The van der Waals surface area contributed by atoms with Crippen molar-refractivity contribution >= 4 is 11.7 Å². The lowest BCUT2D eigenvalue weighted by Crippen LogP contribution is -2.30. The van der Waals surface area contributed by atoms with E-state index in [1.807, 2.05) is 4.90 Å². The van der Waals surface area contributed by atoms with E-state index in [4.69, 9.17) is 5.11 Å². The van der Waals surface area contributed by atoms with Crippen LogP contribution in [0.25, 0.3) is 0 Å². The quantitative estimate of drug-likeness (QED) is 0.772. The van der Waals surface area contributed by atoms with Crippen molar-refractivity contribution in [3.05, 3.63) is 24.0 Å². The molecule has 2 heterocycles. The Balaban J connectivity index is 2.31. The predicted molar refractivity (Wildman–Crippen MR) is 58.7 cm³/mol. The molecule has 1 aliphatic heterocycles. The average Bonchev–Trinajstić information content (AvgIpc) is 2.59. The summed E-state index contributed by atoms with van der Waals surface area (Å²) in [5.74, 6) is -0.991. The molecule has 0 radical (unpaired) electrons. The molecule has 0 spiro atoms. The first-order valence-corrected chi connectivity index (χ1v) is 5.14. The number of hydrogen-bond donors (Lipinski definition) is 2. The lowest BCUT2D eigenvalue weighted by molar-refractivity contribution is 0.0695. The fourth-order valence-corrected chi connectivity index (χ4v) is 1.98. The molecule has 1 aromatic heterocycles. The Morgan fingerprint density at radius 3 is 2.94 bits per heavy atom. The summed E-state index contributed by atoms with van der Waals surface area (Å²) in [6, 6.07) is 1.67. The van der Waals surface area contributed by atoms with Crippen molar-refractivity contribution < 1.29 is 15.0 Å². The van der Waals surface area contributed by atoms with E-state index in [1.165, 1.54) is 6.20 Å². The molecule has 5 nitrogen and oxygen atoms in total. The van der Waals surface area contributed by atoms with Crippen LogP contribution in [0.2, 0.25) is 0 Å². The number of rotatable bonds is 2. The Morgan fingerprint density at radius 2 is 2.38 bits per heavy atom. The Kier molecular flexibility index (Phi) is 2.55. The van der Waals surface area contributed by atoms with E-state index in [0.717, 1.165) is 0 Å². The first-order chi connectivity index (χ1) is 7.49. The first-order valence-electron chi connectivity index (χ1n) is 5.14. The van der Waals surface area contributed by atoms with Crippen LogP contribution in [0.15, 0.2) is 18.5 Å². The smallest absolute Gasteiger partial charge is 0.339 e. The second kappa shape index (κ2) is 3.75. The van der Waals surface area contributed by atoms with Gasteiger partial charge >= 0.3 is 5.97 Å². The van der Waals surface area contributed by atoms with Crippen LogP contribution >= 0.6 is 0 Å². The van der Waals surface area contributed by atoms with Crippen molar-refractivity contribution in [2.75, 3.05) is 18.0 Å². The van der Waals surface area contributed by atoms with Crippen LogP contribution < -0.4 is 4.90 Å². The number of hydrogen-bond acceptors (Lipinski definition) is 4. The van der Waals surface area contributed by atoms with Gasteiger partial charge in [-0.05, 0) is 19.4 Å². The maximum Gasteiger partial charge on any atom is 0.339 e. The van der Waals surface area contributed by atoms with Crippen LogP contribution in [0.5, 0.6) is 0 Å². The molecular weight excluding hydrogens is 208 g/mol. The molecule has 0 aliphatic carbocycles. The van der Waals surface area contributed by atoms with E-state index in [0.29, 0.717) is 25.2 Å². The van der Waals surface area contributed by atoms with Crippen LogP contribution in [-0.4, -0.2) is 39.9 Å². The van der Waals surface area contributed by atoms with Gasteiger partial charge in [-0.15, -0.1) is 0 Å². The summed E-state index contributed by atoms with van der Waals surface area (Å²) >= 11 is 0. The topological polar surface area (TPSA) is 73.7 Å². The zero-order valence-electron chi connectivity index (χ0n) is 9.05. The van der Waals surface area contributed by atoms with Gasteiger partial charge in [0.25, 0.3) is 0 Å². The second-order valence-electron chi connectivity index (χ2n) is 4.37. The van der Waals surface area contributed by atoms with Crippen molar-refractivity contribution in [1.82, 2.24) is 4.98 Å². The van der Waals surface area contributed by atoms with Gasteiger partial charge in [-0.2, -0.15) is 0 Å². The molecule has 1 fully saturated rings. The summed E-state index contributed by atoms with van der Waals surface area (Å²) in [5, 5.41) is 18.9. The zero-order chi connectivity index (χ0) is 11.8. The highest BCUT2D eigenvalue weighted by Crippen LogP contribution is 2.28. The molecule has 2 N–H and O–H groups in total. The highest BCUT2D eigenvalue weighted by atomic mass is 16.4. The molecule has 1 saturated heterocycles. The first kappa shape index (κ1) is 10.9. The van der Waals surface area contributed by atoms with Crippen molar-refractivity contribution in [2.45, 2.75) is 18.9 Å². The van der Waals surface area contributed by atoms with Gasteiger partial charge in [-0.3, -0.25) is 4.98 Å². The molecule has 0 amide bonds. The van der Waals surface area contributed by atoms with E-state index in [1.54, 1.807) is 19.2 Å². The lowest BCUT2D eigenvalue weighted by atomic mass is 10.1. The number of carboxylic acids is 1. The lowest BCUT2D eigenvalue weighted by Gasteiger charge is -2.21. The van der Waals surface area contributed by atoms with Crippen molar-refractivity contribution in [2.24, 2.45) is 0 Å². The van der Waals surface area contributed by atoms with E-state index in [2.05, 4.69) is 4.98 Å². The number of aromatic carboxylic acids is 1. The summed E-state index contributed by atoms with van der Waals surface area (Å²) in [6.07, 6.45) is 3.55. The number of pyridine rings is 1. The van der Waals surface area contributed by atoms with Gasteiger partial charge < -0.3 is 15.1 Å². The van der Waals surface area contributed by atoms with Crippen molar-refractivity contribution in [3.8, 4) is 0 Å². The molecule has 16 heavy (non-hydrogen) atoms. The van der Waals surface area contributed by atoms with Gasteiger partial charge in [0.2, 0.25) is 0 Å². The largest absolute Gasteiger partial charge is 0.478 e. The minimum atomic E-state index is -0.991. The molecule has 86 valence electrons. The molecule has 1 unspecified atom stereocenters. The number of carboxylic acid groups (broad SMARTS) is 1. The van der Waals surface area contributed by atoms with Crippen LogP contribution in [0, 0.1) is 0 Å². The Bertz CT molecular complexity index is 417. The van der Waals surface area contributed by atoms with E-state index in [-0.39, 0.29) is 5.56 Å². The van der Waals surface area contributed by atoms with Crippen molar-refractivity contribution in [1.29, 1.82) is 0 Å². The summed E-state index contributed by atoms with van der Waals surface area (Å²) in [6.45, 7) is 2.88. The number of aromatic nitrogens is 1. The molecule has 5 heteroatoms. The number of anilines is 1. The monoisotopic (exact) mass is 222 g/mol. The highest BCUT2D eigenvalue weighted by molar-refractivity contribution is 5.94. The summed E-state index contributed by atoms with van der Waals surface area (Å²) < 4.78 is 0. The highest BCUT2D eigenvalue weighted by Gasteiger charge is 2.32. The number of nitrogens with zero attached hydrogens (tertiary/aromatic N) is 2. The fourth-order valence-electron chi connectivity index (χ4n) is 1.98. The summed E-state index contributed by atoms with van der Waals surface area (Å²) in [7, 11) is 0. The average molecular weight is 222 g/mol. The van der Waals surface area contributed by atoms with Gasteiger partial charge in [0.15, 0.2) is 0 Å². The van der Waals surface area contributed by atoms with Gasteiger partial charge in [0.1, 0.15) is 5.56 Å². The van der Waals surface area contributed by atoms with Gasteiger partial charge in [-0.1, -0.05) is 0 Å². The SMILES string of the molecule is CC1(O)CCN(c2ccncc2C(=O)O)C1. The van der Waals surface area contributed by atoms with Crippen LogP contribution in [0.3, 0.4) is 0 Å². The van der Waals surface area contributed by atoms with Gasteiger partial charge in [-0.25, -0.2) is 4.79 Å². The Hall–Kier alpha value is -1.62. The third kappa shape index (κ3) is 1.99. The third-order valence-corrected chi connectivity index (χ3v) is 2.82. The molecule has 1 atom stereocenters. The zero-order valence-corrected chi connectivity index (χ0v) is 9.05. The third-order valence-electron chi connectivity index (χ3n) is 2.82. The molecule has 1 aliphatic rings. The van der Waals surface area contributed by atoms with E-state index >= 15 is 0 Å². The minimum absolute atomic E-state index is 0.181. The second-order valence-corrected chi connectivity index (χ2v) is 4.37. The maximum atomic E-state index is 11.0. The van der Waals surface area contributed by atoms with Gasteiger partial charge in [0.05, 0.1) is 11.3 Å². The standard InChI is InChI=1S/C11H14N2O3/c1-11(16)3-5-13(7-11)9-2-4-12-6-8(9)10(14)15/h2,4,6,16H,3,5,7H2,1H3,(H,14,15).